The first-order valence-electron chi connectivity index (χ1n) is 6.19. The number of nitrogens with one attached hydrogen (secondary N) is 1. The summed E-state index contributed by atoms with van der Waals surface area (Å²) in [6, 6.07) is 9.86. The van der Waals surface area contributed by atoms with Crippen LogP contribution in [0.1, 0.15) is 31.4 Å². The summed E-state index contributed by atoms with van der Waals surface area (Å²) >= 11 is 0. The van der Waals surface area contributed by atoms with Crippen LogP contribution in [0.15, 0.2) is 30.3 Å². The molecule has 4 heteroatoms. The molecule has 1 aliphatic carbocycles. The second-order valence-corrected chi connectivity index (χ2v) is 4.58. The molecule has 1 N–H and O–H groups in total. The predicted octanol–water partition coefficient (Wildman–Crippen LogP) is 1.82. The van der Waals surface area contributed by atoms with Crippen LogP contribution in [-0.4, -0.2) is 18.5 Å². The lowest BCUT2D eigenvalue weighted by Crippen LogP contribution is -2.29. The molecule has 1 aliphatic rings. The maximum atomic E-state index is 11.4. The molecule has 0 amide bonds. The van der Waals surface area contributed by atoms with Gasteiger partial charge in [0.1, 0.15) is 0 Å². The second-order valence-electron chi connectivity index (χ2n) is 4.58. The molecule has 0 bridgehead atoms. The van der Waals surface area contributed by atoms with Crippen molar-refractivity contribution >= 4 is 11.9 Å². The van der Waals surface area contributed by atoms with Crippen molar-refractivity contribution in [3.8, 4) is 0 Å². The Morgan fingerprint density at radius 1 is 1.33 bits per heavy atom. The monoisotopic (exact) mass is 247 g/mol. The number of carbonyl (C=O) groups excluding carboxylic acids is 2. The minimum absolute atomic E-state index is 0.0412. The lowest BCUT2D eigenvalue weighted by atomic mass is 10.1. The zero-order valence-corrected chi connectivity index (χ0v) is 10.4. The Hall–Kier alpha value is -1.68. The highest BCUT2D eigenvalue weighted by atomic mass is 16.6. The molecule has 1 aromatic rings. The van der Waals surface area contributed by atoms with Crippen LogP contribution in [0.2, 0.25) is 0 Å². The summed E-state index contributed by atoms with van der Waals surface area (Å²) in [5.74, 6) is -0.927. The molecule has 0 saturated heterocycles. The summed E-state index contributed by atoms with van der Waals surface area (Å²) in [5, 5.41) is 3.04. The fraction of sp³-hybridized carbons (Fsp3) is 0.429. The average molecular weight is 247 g/mol. The first-order valence-corrected chi connectivity index (χ1v) is 6.19. The van der Waals surface area contributed by atoms with E-state index in [4.69, 9.17) is 4.74 Å². The van der Waals surface area contributed by atoms with Crippen molar-refractivity contribution in [3.05, 3.63) is 35.9 Å². The predicted molar refractivity (Wildman–Crippen MR) is 66.7 cm³/mol. The van der Waals surface area contributed by atoms with Gasteiger partial charge < -0.3 is 10.1 Å². The van der Waals surface area contributed by atoms with Gasteiger partial charge in [0.05, 0.1) is 12.5 Å². The molecule has 0 unspecified atom stereocenters. The van der Waals surface area contributed by atoms with E-state index in [0.29, 0.717) is 0 Å². The highest BCUT2D eigenvalue weighted by Crippen LogP contribution is 2.30. The Bertz CT molecular complexity index is 426. The first kappa shape index (κ1) is 12.8. The Morgan fingerprint density at radius 2 is 2.00 bits per heavy atom. The van der Waals surface area contributed by atoms with Crippen molar-refractivity contribution < 1.29 is 14.3 Å². The molecule has 1 aromatic carbocycles. The summed E-state index contributed by atoms with van der Waals surface area (Å²) in [6.45, 7) is 2.01. The third-order valence-corrected chi connectivity index (χ3v) is 2.98. The fourth-order valence-corrected chi connectivity index (χ4v) is 1.65. The normalized spacial score (nSPS) is 16.1. The topological polar surface area (TPSA) is 55.4 Å². The van der Waals surface area contributed by atoms with E-state index in [1.807, 2.05) is 37.3 Å². The molecule has 1 fully saturated rings. The van der Waals surface area contributed by atoms with Gasteiger partial charge in [-0.1, -0.05) is 30.3 Å². The third-order valence-electron chi connectivity index (χ3n) is 2.98. The molecule has 2 rings (SSSR count). The van der Waals surface area contributed by atoms with Crippen LogP contribution in [0.5, 0.6) is 0 Å². The van der Waals surface area contributed by atoms with Gasteiger partial charge in [-0.15, -0.1) is 0 Å². The maximum Gasteiger partial charge on any atom is 0.327 e. The lowest BCUT2D eigenvalue weighted by molar-refractivity contribution is -0.160. The highest BCUT2D eigenvalue weighted by molar-refractivity contribution is 5.88. The maximum absolute atomic E-state index is 11.4. The van der Waals surface area contributed by atoms with Gasteiger partial charge in [-0.05, 0) is 25.3 Å². The number of hydrogen-bond acceptors (Lipinski definition) is 4. The van der Waals surface area contributed by atoms with Crippen LogP contribution in [0, 0.1) is 5.92 Å². The quantitative estimate of drug-likeness (QED) is 0.637. The standard InChI is InChI=1S/C14H17NO3/c1-10(11-5-3-2-4-6-11)15-9-13(16)18-14(17)12-7-8-12/h2-6,10,12,15H,7-9H2,1H3/t10-/m0/s1. The number of esters is 2. The van der Waals surface area contributed by atoms with Gasteiger partial charge in [-0.25, -0.2) is 0 Å². The van der Waals surface area contributed by atoms with Crippen molar-refractivity contribution in [1.82, 2.24) is 5.32 Å². The minimum atomic E-state index is -0.505. The zero-order chi connectivity index (χ0) is 13.0. The van der Waals surface area contributed by atoms with E-state index in [1.54, 1.807) is 0 Å². The van der Waals surface area contributed by atoms with E-state index in [9.17, 15) is 9.59 Å². The van der Waals surface area contributed by atoms with E-state index < -0.39 is 5.97 Å². The molecule has 0 spiro atoms. The summed E-state index contributed by atoms with van der Waals surface area (Å²) in [7, 11) is 0. The second kappa shape index (κ2) is 5.78. The summed E-state index contributed by atoms with van der Waals surface area (Å²) in [6.07, 6.45) is 1.69. The molecule has 1 saturated carbocycles. The molecule has 0 radical (unpaired) electrons. The van der Waals surface area contributed by atoms with Gasteiger partial charge >= 0.3 is 11.9 Å². The molecule has 18 heavy (non-hydrogen) atoms. The van der Waals surface area contributed by atoms with Crippen LogP contribution in [-0.2, 0) is 14.3 Å². The van der Waals surface area contributed by atoms with E-state index in [0.717, 1.165) is 18.4 Å². The Balaban J connectivity index is 1.73. The number of carbonyl (C=O) groups is 2. The Labute approximate surface area is 106 Å². The highest BCUT2D eigenvalue weighted by Gasteiger charge is 2.32. The molecule has 96 valence electrons. The fourth-order valence-electron chi connectivity index (χ4n) is 1.65. The van der Waals surface area contributed by atoms with Crippen molar-refractivity contribution in [3.63, 3.8) is 0 Å². The average Bonchev–Trinajstić information content (AvgIpc) is 3.21. The van der Waals surface area contributed by atoms with Crippen molar-refractivity contribution in [2.24, 2.45) is 5.92 Å². The van der Waals surface area contributed by atoms with Crippen LogP contribution >= 0.6 is 0 Å². The van der Waals surface area contributed by atoms with E-state index in [1.165, 1.54) is 0 Å². The molecular weight excluding hydrogens is 230 g/mol. The number of hydrogen-bond donors (Lipinski definition) is 1. The smallest absolute Gasteiger partial charge is 0.327 e. The molecule has 0 aromatic heterocycles. The van der Waals surface area contributed by atoms with E-state index in [2.05, 4.69) is 5.32 Å². The molecule has 0 aliphatic heterocycles. The van der Waals surface area contributed by atoms with Gasteiger partial charge in [-0.2, -0.15) is 0 Å². The van der Waals surface area contributed by atoms with Gasteiger partial charge in [0.25, 0.3) is 0 Å². The van der Waals surface area contributed by atoms with Crippen LogP contribution in [0.25, 0.3) is 0 Å². The molecule has 4 nitrogen and oxygen atoms in total. The number of ether oxygens (including phenoxy) is 1. The van der Waals surface area contributed by atoms with Gasteiger partial charge in [-0.3, -0.25) is 9.59 Å². The van der Waals surface area contributed by atoms with Crippen molar-refractivity contribution in [1.29, 1.82) is 0 Å². The van der Waals surface area contributed by atoms with Crippen molar-refractivity contribution in [2.75, 3.05) is 6.54 Å². The number of rotatable bonds is 5. The lowest BCUT2D eigenvalue weighted by Gasteiger charge is -2.13. The summed E-state index contributed by atoms with van der Waals surface area (Å²) in [4.78, 5) is 22.7. The van der Waals surface area contributed by atoms with Gasteiger partial charge in [0.15, 0.2) is 0 Å². The van der Waals surface area contributed by atoms with E-state index >= 15 is 0 Å². The minimum Gasteiger partial charge on any atom is -0.392 e. The molecule has 0 heterocycles. The SMILES string of the molecule is C[C@H](NCC(=O)OC(=O)C1CC1)c1ccccc1. The third kappa shape index (κ3) is 3.67. The first-order chi connectivity index (χ1) is 8.66. The molecule has 1 atom stereocenters. The summed E-state index contributed by atoms with van der Waals surface area (Å²) in [5.41, 5.74) is 1.10. The zero-order valence-electron chi connectivity index (χ0n) is 10.4. The largest absolute Gasteiger partial charge is 0.392 e. The van der Waals surface area contributed by atoms with Crippen LogP contribution in [0.4, 0.5) is 0 Å². The van der Waals surface area contributed by atoms with Gasteiger partial charge in [0.2, 0.25) is 0 Å². The van der Waals surface area contributed by atoms with Crippen LogP contribution < -0.4 is 5.32 Å². The molecular formula is C14H17NO3. The number of benzene rings is 1. The van der Waals surface area contributed by atoms with Crippen molar-refractivity contribution in [2.45, 2.75) is 25.8 Å². The Kier molecular flexibility index (Phi) is 4.10. The summed E-state index contributed by atoms with van der Waals surface area (Å²) < 4.78 is 4.72. The Morgan fingerprint density at radius 3 is 2.61 bits per heavy atom. The van der Waals surface area contributed by atoms with Gasteiger partial charge in [0, 0.05) is 6.04 Å². The van der Waals surface area contributed by atoms with Crippen LogP contribution in [0.3, 0.4) is 0 Å². The van der Waals surface area contributed by atoms with E-state index in [-0.39, 0.29) is 24.5 Å².